The van der Waals surface area contributed by atoms with Crippen molar-refractivity contribution in [3.8, 4) is 0 Å². The van der Waals surface area contributed by atoms with Crippen LogP contribution in [0.2, 0.25) is 0 Å². The second kappa shape index (κ2) is 7.63. The molecule has 6 heteroatoms. The van der Waals surface area contributed by atoms with E-state index in [2.05, 4.69) is 39.0 Å². The van der Waals surface area contributed by atoms with Gasteiger partial charge in [0.1, 0.15) is 0 Å². The molecule has 0 saturated heterocycles. The number of halogens is 1. The summed E-state index contributed by atoms with van der Waals surface area (Å²) in [5, 5.41) is 14.0. The summed E-state index contributed by atoms with van der Waals surface area (Å²) in [5.41, 5.74) is 0.795. The number of benzene rings is 1. The minimum absolute atomic E-state index is 0.0215. The predicted octanol–water partition coefficient (Wildman–Crippen LogP) is 3.60. The number of ether oxygens (including phenoxy) is 1. The average Bonchev–Trinajstić information content (AvgIpc) is 3.00. The van der Waals surface area contributed by atoms with Gasteiger partial charge < -0.3 is 20.1 Å². The lowest BCUT2D eigenvalue weighted by Gasteiger charge is -2.30. The summed E-state index contributed by atoms with van der Waals surface area (Å²) in [4.78, 5) is 15.9. The van der Waals surface area contributed by atoms with Crippen LogP contribution in [-0.2, 0) is 4.74 Å². The molecular weight excluding hydrogens is 431 g/mol. The van der Waals surface area contributed by atoms with Crippen LogP contribution in [-0.4, -0.2) is 40.4 Å². The molecule has 0 unspecified atom stereocenters. The molecule has 0 radical (unpaired) electrons. The smallest absolute Gasteiger partial charge is 0.253 e. The number of aliphatic hydroxyl groups is 1. The number of aromatic nitrogens is 1. The third-order valence-electron chi connectivity index (χ3n) is 4.55. The Labute approximate surface area is 161 Å². The van der Waals surface area contributed by atoms with Crippen molar-refractivity contribution >= 4 is 39.4 Å². The van der Waals surface area contributed by atoms with E-state index in [0.29, 0.717) is 12.2 Å². The molecule has 136 valence electrons. The topological polar surface area (TPSA) is 74.3 Å². The van der Waals surface area contributed by atoms with E-state index >= 15 is 0 Å². The van der Waals surface area contributed by atoms with Gasteiger partial charge in [-0.25, -0.2) is 0 Å². The third-order valence-corrected chi connectivity index (χ3v) is 5.17. The molecule has 1 saturated carbocycles. The second-order valence-corrected chi connectivity index (χ2v) is 8.71. The SMILES string of the molecule is CC(C)(O)CO[C@H]1CC[C@H](NC(=O)c2cc(I)cc3cc[nH]c23)CC1. The fourth-order valence-corrected chi connectivity index (χ4v) is 3.92. The van der Waals surface area contributed by atoms with Crippen molar-refractivity contribution in [1.29, 1.82) is 0 Å². The molecule has 1 heterocycles. The molecule has 1 amide bonds. The molecule has 0 bridgehead atoms. The van der Waals surface area contributed by atoms with Gasteiger partial charge in [-0.2, -0.15) is 0 Å². The highest BCUT2D eigenvalue weighted by atomic mass is 127. The fraction of sp³-hybridized carbons (Fsp3) is 0.526. The lowest BCUT2D eigenvalue weighted by Crippen LogP contribution is -2.40. The van der Waals surface area contributed by atoms with Gasteiger partial charge in [-0.3, -0.25) is 4.79 Å². The zero-order chi connectivity index (χ0) is 18.0. The Balaban J connectivity index is 1.57. The number of amides is 1. The molecule has 25 heavy (non-hydrogen) atoms. The number of carbonyl (C=O) groups is 1. The van der Waals surface area contributed by atoms with Gasteiger partial charge >= 0.3 is 0 Å². The lowest BCUT2D eigenvalue weighted by molar-refractivity contribution is -0.0640. The van der Waals surface area contributed by atoms with Crippen LogP contribution >= 0.6 is 22.6 Å². The van der Waals surface area contributed by atoms with Crippen LogP contribution in [0.5, 0.6) is 0 Å². The standard InChI is InChI=1S/C19H25IN2O3/c1-19(2,24)11-25-15-5-3-14(4-6-15)22-18(23)16-10-13(20)9-12-7-8-21-17(12)16/h7-10,14-15,21,24H,3-6,11H2,1-2H3,(H,22,23)/t14-,15-. The van der Waals surface area contributed by atoms with Crippen LogP contribution in [0, 0.1) is 3.57 Å². The quantitative estimate of drug-likeness (QED) is 0.602. The highest BCUT2D eigenvalue weighted by molar-refractivity contribution is 14.1. The van der Waals surface area contributed by atoms with Gasteiger partial charge in [0.25, 0.3) is 5.91 Å². The molecule has 3 rings (SSSR count). The summed E-state index contributed by atoms with van der Waals surface area (Å²) in [6, 6.07) is 6.15. The van der Waals surface area contributed by atoms with Crippen LogP contribution in [0.1, 0.15) is 49.9 Å². The second-order valence-electron chi connectivity index (χ2n) is 7.47. The van der Waals surface area contributed by atoms with Gasteiger partial charge in [0.2, 0.25) is 0 Å². The van der Waals surface area contributed by atoms with Gasteiger partial charge in [0.05, 0.1) is 29.4 Å². The molecule has 3 N–H and O–H groups in total. The van der Waals surface area contributed by atoms with Crippen molar-refractivity contribution in [2.45, 2.75) is 57.3 Å². The van der Waals surface area contributed by atoms with Crippen LogP contribution in [0.4, 0.5) is 0 Å². The van der Waals surface area contributed by atoms with Crippen molar-refractivity contribution in [3.63, 3.8) is 0 Å². The van der Waals surface area contributed by atoms with Gasteiger partial charge in [0.15, 0.2) is 0 Å². The largest absolute Gasteiger partial charge is 0.388 e. The number of rotatable bonds is 5. The van der Waals surface area contributed by atoms with Crippen molar-refractivity contribution < 1.29 is 14.6 Å². The molecule has 1 aromatic heterocycles. The molecule has 1 aromatic carbocycles. The number of hydrogen-bond acceptors (Lipinski definition) is 3. The van der Waals surface area contributed by atoms with E-state index in [-0.39, 0.29) is 18.1 Å². The van der Waals surface area contributed by atoms with E-state index in [1.54, 1.807) is 13.8 Å². The Morgan fingerprint density at radius 3 is 2.76 bits per heavy atom. The maximum absolute atomic E-state index is 12.7. The molecule has 0 spiro atoms. The highest BCUT2D eigenvalue weighted by Gasteiger charge is 2.25. The first-order valence-corrected chi connectivity index (χ1v) is 9.81. The number of carbonyl (C=O) groups excluding carboxylic acids is 1. The Kier molecular flexibility index (Phi) is 5.70. The van der Waals surface area contributed by atoms with Gasteiger partial charge in [-0.15, -0.1) is 0 Å². The Hall–Kier alpha value is -1.12. The summed E-state index contributed by atoms with van der Waals surface area (Å²) >= 11 is 2.24. The number of fused-ring (bicyclic) bond motifs is 1. The zero-order valence-corrected chi connectivity index (χ0v) is 16.8. The van der Waals surface area contributed by atoms with E-state index in [9.17, 15) is 9.90 Å². The molecule has 2 aromatic rings. The van der Waals surface area contributed by atoms with Crippen molar-refractivity contribution in [2.75, 3.05) is 6.61 Å². The van der Waals surface area contributed by atoms with E-state index in [4.69, 9.17) is 4.74 Å². The van der Waals surface area contributed by atoms with E-state index in [1.807, 2.05) is 18.3 Å². The first-order valence-electron chi connectivity index (χ1n) is 8.73. The first-order chi connectivity index (χ1) is 11.8. The molecule has 1 aliphatic carbocycles. The normalized spacial score (nSPS) is 21.4. The number of aromatic amines is 1. The number of nitrogens with one attached hydrogen (secondary N) is 2. The molecule has 1 fully saturated rings. The van der Waals surface area contributed by atoms with E-state index in [0.717, 1.165) is 40.2 Å². The maximum Gasteiger partial charge on any atom is 0.253 e. The van der Waals surface area contributed by atoms with Gasteiger partial charge in [-0.05, 0) is 80.3 Å². The van der Waals surface area contributed by atoms with E-state index in [1.165, 1.54) is 0 Å². The summed E-state index contributed by atoms with van der Waals surface area (Å²) in [6.45, 7) is 3.85. The minimum Gasteiger partial charge on any atom is -0.388 e. The number of H-pyrrole nitrogens is 1. The molecule has 1 aliphatic rings. The van der Waals surface area contributed by atoms with Crippen molar-refractivity contribution in [3.05, 3.63) is 33.5 Å². The summed E-state index contributed by atoms with van der Waals surface area (Å²) in [7, 11) is 0. The molecule has 0 aliphatic heterocycles. The highest BCUT2D eigenvalue weighted by Crippen LogP contribution is 2.24. The minimum atomic E-state index is -0.795. The van der Waals surface area contributed by atoms with Crippen LogP contribution < -0.4 is 5.32 Å². The van der Waals surface area contributed by atoms with Gasteiger partial charge in [-0.1, -0.05) is 0 Å². The monoisotopic (exact) mass is 456 g/mol. The fourth-order valence-electron chi connectivity index (χ4n) is 3.27. The summed E-state index contributed by atoms with van der Waals surface area (Å²) in [6.07, 6.45) is 5.66. The first kappa shape index (κ1) is 18.7. The Morgan fingerprint density at radius 2 is 2.08 bits per heavy atom. The summed E-state index contributed by atoms with van der Waals surface area (Å²) in [5.74, 6) is -0.0215. The van der Waals surface area contributed by atoms with Crippen LogP contribution in [0.25, 0.3) is 10.9 Å². The third kappa shape index (κ3) is 4.95. The van der Waals surface area contributed by atoms with E-state index < -0.39 is 5.60 Å². The van der Waals surface area contributed by atoms with Crippen LogP contribution in [0.3, 0.4) is 0 Å². The Bertz CT molecular complexity index is 743. The van der Waals surface area contributed by atoms with Gasteiger partial charge in [0, 0.05) is 21.2 Å². The average molecular weight is 456 g/mol. The summed E-state index contributed by atoms with van der Waals surface area (Å²) < 4.78 is 6.83. The Morgan fingerprint density at radius 1 is 1.36 bits per heavy atom. The lowest BCUT2D eigenvalue weighted by atomic mass is 9.92. The zero-order valence-electron chi connectivity index (χ0n) is 14.6. The molecule has 5 nitrogen and oxygen atoms in total. The maximum atomic E-state index is 12.7. The molecular formula is C19H25IN2O3. The predicted molar refractivity (Wildman–Crippen MR) is 107 cm³/mol. The molecule has 0 atom stereocenters. The van der Waals surface area contributed by atoms with Crippen molar-refractivity contribution in [2.24, 2.45) is 0 Å². The number of hydrogen-bond donors (Lipinski definition) is 3. The van der Waals surface area contributed by atoms with Crippen LogP contribution in [0.15, 0.2) is 24.4 Å². The van der Waals surface area contributed by atoms with Crippen molar-refractivity contribution in [1.82, 2.24) is 10.3 Å².